The van der Waals surface area contributed by atoms with Gasteiger partial charge in [0, 0.05) is 24.0 Å². The number of aromatic nitrogens is 1. The maximum atomic E-state index is 11.6. The molecule has 15 heavy (non-hydrogen) atoms. The van der Waals surface area contributed by atoms with Crippen LogP contribution in [0.15, 0.2) is 23.3 Å². The first-order valence-electron chi connectivity index (χ1n) is 4.82. The van der Waals surface area contributed by atoms with E-state index in [2.05, 4.69) is 4.98 Å². The number of hydrogen-bond donors (Lipinski definition) is 2. The Balaban J connectivity index is 2.86. The highest BCUT2D eigenvalue weighted by molar-refractivity contribution is 5.49. The van der Waals surface area contributed by atoms with E-state index >= 15 is 0 Å². The van der Waals surface area contributed by atoms with E-state index in [-0.39, 0.29) is 11.5 Å². The van der Waals surface area contributed by atoms with E-state index in [0.29, 0.717) is 11.3 Å². The van der Waals surface area contributed by atoms with Crippen molar-refractivity contribution in [2.24, 2.45) is 5.73 Å². The van der Waals surface area contributed by atoms with Gasteiger partial charge >= 0.3 is 0 Å². The molecule has 0 aromatic carbocycles. The second kappa shape index (κ2) is 5.36. The number of nitrogens with one attached hydrogen (secondary N) is 1. The molecule has 82 valence electrons. The molecule has 3 N–H and O–H groups in total. The van der Waals surface area contributed by atoms with Gasteiger partial charge in [-0.25, -0.2) is 0 Å². The molecule has 0 bridgehead atoms. The molecule has 4 nitrogen and oxygen atoms in total. The number of H-pyrrole nitrogens is 1. The predicted molar refractivity (Wildman–Crippen MR) is 60.9 cm³/mol. The minimum Gasteiger partial charge on any atom is -0.491 e. The summed E-state index contributed by atoms with van der Waals surface area (Å²) in [5.41, 5.74) is 6.05. The highest BCUT2D eigenvalue weighted by atomic mass is 16.5. The Morgan fingerprint density at radius 2 is 2.33 bits per heavy atom. The number of methoxy groups -OCH3 is 1. The second-order valence-corrected chi connectivity index (χ2v) is 3.42. The molecule has 0 saturated heterocycles. The molecule has 1 aromatic heterocycles. The molecule has 0 aliphatic carbocycles. The van der Waals surface area contributed by atoms with E-state index in [1.807, 2.05) is 13.0 Å². The number of ether oxygens (including phenoxy) is 1. The van der Waals surface area contributed by atoms with Crippen molar-refractivity contribution in [1.29, 1.82) is 0 Å². The van der Waals surface area contributed by atoms with Crippen molar-refractivity contribution in [1.82, 2.24) is 4.98 Å². The quantitative estimate of drug-likeness (QED) is 0.779. The van der Waals surface area contributed by atoms with Gasteiger partial charge in [0.2, 0.25) is 5.43 Å². The lowest BCUT2D eigenvalue weighted by atomic mass is 10.2. The molecule has 0 saturated carbocycles. The summed E-state index contributed by atoms with van der Waals surface area (Å²) in [4.78, 5) is 14.5. The Kier molecular flexibility index (Phi) is 4.12. The minimum atomic E-state index is -0.114. The third-order valence-corrected chi connectivity index (χ3v) is 1.96. The summed E-state index contributed by atoms with van der Waals surface area (Å²) >= 11 is 0. The van der Waals surface area contributed by atoms with Crippen LogP contribution in [0.25, 0.3) is 6.08 Å². The summed E-state index contributed by atoms with van der Waals surface area (Å²) in [6.07, 6.45) is 7.56. The number of aromatic amines is 1. The number of hydrogen-bond acceptors (Lipinski definition) is 3. The molecule has 0 aliphatic heterocycles. The Morgan fingerprint density at radius 3 is 2.93 bits per heavy atom. The Labute approximate surface area is 88.8 Å². The maximum absolute atomic E-state index is 11.6. The van der Waals surface area contributed by atoms with Crippen LogP contribution in [0, 0.1) is 0 Å². The highest BCUT2D eigenvalue weighted by Crippen LogP contribution is 2.03. The lowest BCUT2D eigenvalue weighted by Gasteiger charge is -2.00. The Bertz CT molecular complexity index is 394. The van der Waals surface area contributed by atoms with Crippen LogP contribution in [-0.4, -0.2) is 18.1 Å². The van der Waals surface area contributed by atoms with Crippen molar-refractivity contribution in [2.45, 2.75) is 19.4 Å². The van der Waals surface area contributed by atoms with E-state index in [1.54, 1.807) is 12.3 Å². The monoisotopic (exact) mass is 208 g/mol. The predicted octanol–water partition coefficient (Wildman–Crippen LogP) is 1.13. The van der Waals surface area contributed by atoms with Gasteiger partial charge in [0.15, 0.2) is 5.75 Å². The average molecular weight is 208 g/mol. The van der Waals surface area contributed by atoms with Crippen LogP contribution in [0.5, 0.6) is 5.75 Å². The van der Waals surface area contributed by atoms with Gasteiger partial charge in [0.05, 0.1) is 7.11 Å². The van der Waals surface area contributed by atoms with Gasteiger partial charge < -0.3 is 15.5 Å². The molecule has 0 spiro atoms. The molecule has 1 heterocycles. The first-order valence-corrected chi connectivity index (χ1v) is 4.82. The maximum Gasteiger partial charge on any atom is 0.230 e. The van der Waals surface area contributed by atoms with E-state index in [9.17, 15) is 4.79 Å². The zero-order valence-electron chi connectivity index (χ0n) is 8.99. The number of pyridine rings is 1. The van der Waals surface area contributed by atoms with Crippen molar-refractivity contribution in [2.75, 3.05) is 7.11 Å². The molecular formula is C11H16N2O2. The molecule has 1 aromatic rings. The fourth-order valence-electron chi connectivity index (χ4n) is 1.17. The first-order chi connectivity index (χ1) is 7.15. The van der Waals surface area contributed by atoms with Gasteiger partial charge in [-0.3, -0.25) is 4.79 Å². The lowest BCUT2D eigenvalue weighted by Crippen LogP contribution is -2.13. The van der Waals surface area contributed by atoms with E-state index in [1.165, 1.54) is 13.3 Å². The molecule has 4 heteroatoms. The normalized spacial score (nSPS) is 13.0. The van der Waals surface area contributed by atoms with Gasteiger partial charge in [-0.15, -0.1) is 0 Å². The number of nitrogens with two attached hydrogens (primary N) is 1. The smallest absolute Gasteiger partial charge is 0.230 e. The van der Waals surface area contributed by atoms with Crippen LogP contribution in [0.4, 0.5) is 0 Å². The van der Waals surface area contributed by atoms with Gasteiger partial charge in [-0.1, -0.05) is 12.2 Å². The van der Waals surface area contributed by atoms with Crippen LogP contribution in [0.2, 0.25) is 0 Å². The zero-order valence-corrected chi connectivity index (χ0v) is 8.99. The fourth-order valence-corrected chi connectivity index (χ4v) is 1.17. The van der Waals surface area contributed by atoms with Gasteiger partial charge in [0.25, 0.3) is 0 Å². The molecule has 0 aliphatic rings. The van der Waals surface area contributed by atoms with Gasteiger partial charge in [0.1, 0.15) is 0 Å². The first kappa shape index (κ1) is 11.5. The molecule has 0 amide bonds. The molecular weight excluding hydrogens is 192 g/mol. The standard InChI is InChI=1S/C11H16N2O2/c1-8(12)4-3-5-9-6-13-7-10(15-2)11(9)14/h3,5-8H,4,12H2,1-2H3,(H,13,14)/b5-3+. The van der Waals surface area contributed by atoms with E-state index in [0.717, 1.165) is 6.42 Å². The van der Waals surface area contributed by atoms with Crippen LogP contribution >= 0.6 is 0 Å². The highest BCUT2D eigenvalue weighted by Gasteiger charge is 2.01. The number of rotatable bonds is 4. The Morgan fingerprint density at radius 1 is 1.60 bits per heavy atom. The summed E-state index contributed by atoms with van der Waals surface area (Å²) < 4.78 is 4.91. The summed E-state index contributed by atoms with van der Waals surface area (Å²) in [7, 11) is 1.47. The molecule has 0 fully saturated rings. The summed E-state index contributed by atoms with van der Waals surface area (Å²) in [6.45, 7) is 1.92. The topological polar surface area (TPSA) is 68.1 Å². The van der Waals surface area contributed by atoms with Crippen LogP contribution in [0.1, 0.15) is 18.9 Å². The lowest BCUT2D eigenvalue weighted by molar-refractivity contribution is 0.409. The van der Waals surface area contributed by atoms with Crippen molar-refractivity contribution >= 4 is 6.08 Å². The Hall–Kier alpha value is -1.55. The van der Waals surface area contributed by atoms with Gasteiger partial charge in [-0.2, -0.15) is 0 Å². The molecule has 1 unspecified atom stereocenters. The van der Waals surface area contributed by atoms with Crippen LogP contribution in [-0.2, 0) is 0 Å². The molecule has 1 rings (SSSR count). The average Bonchev–Trinajstić information content (AvgIpc) is 2.20. The van der Waals surface area contributed by atoms with Crippen molar-refractivity contribution in [3.63, 3.8) is 0 Å². The van der Waals surface area contributed by atoms with Crippen LogP contribution < -0.4 is 15.9 Å². The van der Waals surface area contributed by atoms with Crippen LogP contribution in [0.3, 0.4) is 0 Å². The minimum absolute atomic E-state index is 0.103. The van der Waals surface area contributed by atoms with E-state index in [4.69, 9.17) is 10.5 Å². The SMILES string of the molecule is COc1c[nH]cc(/C=C/CC(C)N)c1=O. The molecule has 0 radical (unpaired) electrons. The van der Waals surface area contributed by atoms with Gasteiger partial charge in [-0.05, 0) is 13.3 Å². The largest absolute Gasteiger partial charge is 0.491 e. The van der Waals surface area contributed by atoms with Crippen molar-refractivity contribution in [3.8, 4) is 5.75 Å². The van der Waals surface area contributed by atoms with E-state index < -0.39 is 0 Å². The fraction of sp³-hybridized carbons (Fsp3) is 0.364. The van der Waals surface area contributed by atoms with Crippen molar-refractivity contribution < 1.29 is 4.74 Å². The summed E-state index contributed by atoms with van der Waals surface area (Å²) in [5.74, 6) is 0.318. The summed E-state index contributed by atoms with van der Waals surface area (Å²) in [5, 5.41) is 0. The van der Waals surface area contributed by atoms with Crippen molar-refractivity contribution in [3.05, 3.63) is 34.3 Å². The zero-order chi connectivity index (χ0) is 11.3. The third kappa shape index (κ3) is 3.25. The summed E-state index contributed by atoms with van der Waals surface area (Å²) in [6, 6.07) is 0.103. The second-order valence-electron chi connectivity index (χ2n) is 3.42. The molecule has 1 atom stereocenters. The third-order valence-electron chi connectivity index (χ3n) is 1.96.